The SMILES string of the molecule is COc1ccc(S(=O)(=O)N(CCN)CCc2ccccc2)cc1OC.Cl. The Hall–Kier alpha value is -1.80. The first-order valence-electron chi connectivity index (χ1n) is 7.99. The van der Waals surface area contributed by atoms with E-state index in [1.54, 1.807) is 6.07 Å². The monoisotopic (exact) mass is 400 g/mol. The molecule has 0 spiro atoms. The van der Waals surface area contributed by atoms with E-state index in [4.69, 9.17) is 15.2 Å². The summed E-state index contributed by atoms with van der Waals surface area (Å²) in [5, 5.41) is 0. The molecule has 0 amide bonds. The zero-order chi connectivity index (χ0) is 18.3. The van der Waals surface area contributed by atoms with Crippen LogP contribution in [0.5, 0.6) is 11.5 Å². The lowest BCUT2D eigenvalue weighted by molar-refractivity contribution is 0.353. The molecule has 2 rings (SSSR count). The zero-order valence-electron chi connectivity index (χ0n) is 14.9. The molecule has 0 aromatic heterocycles. The summed E-state index contributed by atoms with van der Waals surface area (Å²) in [7, 11) is -0.693. The van der Waals surface area contributed by atoms with Gasteiger partial charge in [0.1, 0.15) is 0 Å². The second kappa shape index (κ2) is 10.4. The van der Waals surface area contributed by atoms with E-state index >= 15 is 0 Å². The van der Waals surface area contributed by atoms with Gasteiger partial charge in [0.25, 0.3) is 0 Å². The summed E-state index contributed by atoms with van der Waals surface area (Å²) < 4.78 is 37.7. The molecule has 8 heteroatoms. The van der Waals surface area contributed by atoms with Crippen molar-refractivity contribution >= 4 is 22.4 Å². The van der Waals surface area contributed by atoms with E-state index < -0.39 is 10.0 Å². The molecule has 0 bridgehead atoms. The fourth-order valence-electron chi connectivity index (χ4n) is 2.52. The van der Waals surface area contributed by atoms with E-state index in [0.717, 1.165) is 5.56 Å². The number of halogens is 1. The van der Waals surface area contributed by atoms with E-state index in [1.165, 1.54) is 30.7 Å². The number of sulfonamides is 1. The largest absolute Gasteiger partial charge is 0.493 e. The van der Waals surface area contributed by atoms with Crippen LogP contribution < -0.4 is 15.2 Å². The Bertz CT molecular complexity index is 785. The van der Waals surface area contributed by atoms with Gasteiger partial charge in [0, 0.05) is 25.7 Å². The molecule has 0 saturated heterocycles. The van der Waals surface area contributed by atoms with E-state index in [1.807, 2.05) is 30.3 Å². The zero-order valence-corrected chi connectivity index (χ0v) is 16.6. The summed E-state index contributed by atoms with van der Waals surface area (Å²) in [5.74, 6) is 0.857. The third-order valence-corrected chi connectivity index (χ3v) is 5.76. The Morgan fingerprint density at radius 3 is 2.19 bits per heavy atom. The van der Waals surface area contributed by atoms with E-state index in [0.29, 0.717) is 24.5 Å². The second-order valence-corrected chi connectivity index (χ2v) is 7.38. The number of hydrogen-bond donors (Lipinski definition) is 1. The average Bonchev–Trinajstić information content (AvgIpc) is 2.65. The Morgan fingerprint density at radius 1 is 0.962 bits per heavy atom. The fourth-order valence-corrected chi connectivity index (χ4v) is 3.99. The molecule has 0 aliphatic carbocycles. The van der Waals surface area contributed by atoms with Gasteiger partial charge in [-0.3, -0.25) is 0 Å². The highest BCUT2D eigenvalue weighted by Crippen LogP contribution is 2.30. The maximum atomic E-state index is 13.0. The first kappa shape index (κ1) is 22.2. The van der Waals surface area contributed by atoms with Crippen molar-refractivity contribution in [2.75, 3.05) is 33.9 Å². The predicted molar refractivity (Wildman–Crippen MR) is 105 cm³/mol. The van der Waals surface area contributed by atoms with Crippen molar-refractivity contribution in [1.82, 2.24) is 4.31 Å². The molecule has 2 aromatic carbocycles. The van der Waals surface area contributed by atoms with Gasteiger partial charge >= 0.3 is 0 Å². The van der Waals surface area contributed by atoms with Gasteiger partial charge in [-0.2, -0.15) is 4.31 Å². The predicted octanol–water partition coefficient (Wildman–Crippen LogP) is 2.32. The molecule has 2 N–H and O–H groups in total. The first-order chi connectivity index (χ1) is 12.0. The maximum Gasteiger partial charge on any atom is 0.243 e. The third-order valence-electron chi connectivity index (χ3n) is 3.86. The summed E-state index contributed by atoms with van der Waals surface area (Å²) in [4.78, 5) is 0.159. The minimum atomic E-state index is -3.67. The minimum Gasteiger partial charge on any atom is -0.493 e. The third kappa shape index (κ3) is 5.35. The van der Waals surface area contributed by atoms with Crippen LogP contribution in [0.1, 0.15) is 5.56 Å². The van der Waals surface area contributed by atoms with Crippen molar-refractivity contribution in [2.45, 2.75) is 11.3 Å². The van der Waals surface area contributed by atoms with Crippen molar-refractivity contribution in [3.05, 3.63) is 54.1 Å². The van der Waals surface area contributed by atoms with Gasteiger partial charge in [-0.15, -0.1) is 12.4 Å². The average molecular weight is 401 g/mol. The molecular weight excluding hydrogens is 376 g/mol. The normalized spacial score (nSPS) is 11.1. The molecule has 0 heterocycles. The van der Waals surface area contributed by atoms with Gasteiger partial charge in [-0.25, -0.2) is 8.42 Å². The molecule has 0 unspecified atom stereocenters. The van der Waals surface area contributed by atoms with Crippen molar-refractivity contribution < 1.29 is 17.9 Å². The number of nitrogens with two attached hydrogens (primary N) is 1. The van der Waals surface area contributed by atoms with Crippen molar-refractivity contribution in [3.63, 3.8) is 0 Å². The van der Waals surface area contributed by atoms with E-state index in [-0.39, 0.29) is 30.4 Å². The van der Waals surface area contributed by atoms with Crippen LogP contribution in [-0.4, -0.2) is 46.6 Å². The molecular formula is C18H25ClN2O4S. The van der Waals surface area contributed by atoms with E-state index in [9.17, 15) is 8.42 Å². The molecule has 0 aliphatic rings. The van der Waals surface area contributed by atoms with Gasteiger partial charge < -0.3 is 15.2 Å². The summed E-state index contributed by atoms with van der Waals surface area (Å²) in [6.45, 7) is 0.864. The quantitative estimate of drug-likeness (QED) is 0.698. The molecule has 0 aliphatic heterocycles. The molecule has 0 radical (unpaired) electrons. The molecule has 6 nitrogen and oxygen atoms in total. The topological polar surface area (TPSA) is 81.9 Å². The van der Waals surface area contributed by atoms with Gasteiger partial charge in [0.05, 0.1) is 19.1 Å². The number of rotatable bonds is 9. The highest BCUT2D eigenvalue weighted by Gasteiger charge is 2.25. The van der Waals surface area contributed by atoms with Crippen molar-refractivity contribution in [2.24, 2.45) is 5.73 Å². The number of methoxy groups -OCH3 is 2. The van der Waals surface area contributed by atoms with Crippen LogP contribution >= 0.6 is 12.4 Å². The fraction of sp³-hybridized carbons (Fsp3) is 0.333. The molecule has 26 heavy (non-hydrogen) atoms. The lowest BCUT2D eigenvalue weighted by atomic mass is 10.1. The van der Waals surface area contributed by atoms with Gasteiger partial charge in [0.15, 0.2) is 11.5 Å². The van der Waals surface area contributed by atoms with Gasteiger partial charge in [-0.1, -0.05) is 30.3 Å². The Morgan fingerprint density at radius 2 is 1.62 bits per heavy atom. The standard InChI is InChI=1S/C18H24N2O4S.ClH/c1-23-17-9-8-16(14-18(17)24-2)25(21,22)20(13-11-19)12-10-15-6-4-3-5-7-15;/h3-9,14H,10-13,19H2,1-2H3;1H. The van der Waals surface area contributed by atoms with Crippen LogP contribution in [0.15, 0.2) is 53.4 Å². The van der Waals surface area contributed by atoms with Crippen LogP contribution in [0, 0.1) is 0 Å². The van der Waals surface area contributed by atoms with Crippen LogP contribution in [0.25, 0.3) is 0 Å². The highest BCUT2D eigenvalue weighted by atomic mass is 35.5. The summed E-state index contributed by atoms with van der Waals surface area (Å²) >= 11 is 0. The minimum absolute atomic E-state index is 0. The first-order valence-corrected chi connectivity index (χ1v) is 9.43. The molecule has 0 fully saturated rings. The van der Waals surface area contributed by atoms with Crippen LogP contribution in [-0.2, 0) is 16.4 Å². The van der Waals surface area contributed by atoms with Crippen LogP contribution in [0.4, 0.5) is 0 Å². The summed E-state index contributed by atoms with van der Waals surface area (Å²) in [6.07, 6.45) is 0.618. The Balaban J connectivity index is 0.00000338. The number of ether oxygens (including phenoxy) is 2. The second-order valence-electron chi connectivity index (χ2n) is 5.45. The van der Waals surface area contributed by atoms with E-state index in [2.05, 4.69) is 0 Å². The van der Waals surface area contributed by atoms with Crippen LogP contribution in [0.2, 0.25) is 0 Å². The number of nitrogens with zero attached hydrogens (tertiary/aromatic N) is 1. The Kier molecular flexibility index (Phi) is 8.87. The van der Waals surface area contributed by atoms with Gasteiger partial charge in [0.2, 0.25) is 10.0 Å². The lowest BCUT2D eigenvalue weighted by Crippen LogP contribution is -2.36. The van der Waals surface area contributed by atoms with Crippen LogP contribution in [0.3, 0.4) is 0 Å². The Labute approximate surface area is 161 Å². The smallest absolute Gasteiger partial charge is 0.243 e. The highest BCUT2D eigenvalue weighted by molar-refractivity contribution is 7.89. The number of benzene rings is 2. The molecule has 0 atom stereocenters. The molecule has 0 saturated carbocycles. The number of hydrogen-bond acceptors (Lipinski definition) is 5. The lowest BCUT2D eigenvalue weighted by Gasteiger charge is -2.22. The van der Waals surface area contributed by atoms with Gasteiger partial charge in [-0.05, 0) is 24.1 Å². The summed E-state index contributed by atoms with van der Waals surface area (Å²) in [6, 6.07) is 14.3. The van der Waals surface area contributed by atoms with Crippen molar-refractivity contribution in [1.29, 1.82) is 0 Å². The molecule has 144 valence electrons. The summed E-state index contributed by atoms with van der Waals surface area (Å²) in [5.41, 5.74) is 6.70. The van der Waals surface area contributed by atoms with Crippen molar-refractivity contribution in [3.8, 4) is 11.5 Å². The maximum absolute atomic E-state index is 13.0. The molecule has 2 aromatic rings.